The summed E-state index contributed by atoms with van der Waals surface area (Å²) in [5, 5.41) is 2.55. The highest BCUT2D eigenvalue weighted by molar-refractivity contribution is 7.80. The molecule has 3 nitrogen and oxygen atoms in total. The number of hydrogen-bond donors (Lipinski definition) is 1. The van der Waals surface area contributed by atoms with Gasteiger partial charge in [-0.05, 0) is 61.3 Å². The maximum absolute atomic E-state index is 11.5. The number of rotatable bonds is 1. The van der Waals surface area contributed by atoms with Crippen molar-refractivity contribution in [3.05, 3.63) is 40.1 Å². The van der Waals surface area contributed by atoms with Gasteiger partial charge in [-0.2, -0.15) is 0 Å². The predicted octanol–water partition coefficient (Wildman–Crippen LogP) is 2.38. The first-order valence-electron chi connectivity index (χ1n) is 5.30. The van der Waals surface area contributed by atoms with E-state index in [4.69, 9.17) is 17.0 Å². The predicted molar refractivity (Wildman–Crippen MR) is 70.5 cm³/mol. The molecule has 4 heteroatoms. The van der Waals surface area contributed by atoms with Crippen LogP contribution in [0.15, 0.2) is 17.9 Å². The second kappa shape index (κ2) is 4.30. The molecule has 1 saturated heterocycles. The summed E-state index contributed by atoms with van der Waals surface area (Å²) in [5.41, 5.74) is 4.50. The van der Waals surface area contributed by atoms with Crippen molar-refractivity contribution in [2.45, 2.75) is 20.8 Å². The summed E-state index contributed by atoms with van der Waals surface area (Å²) in [6.07, 6.45) is 1.72. The fourth-order valence-electron chi connectivity index (χ4n) is 1.70. The van der Waals surface area contributed by atoms with Crippen LogP contribution >= 0.6 is 12.2 Å². The Kier molecular flexibility index (Phi) is 2.98. The van der Waals surface area contributed by atoms with Crippen molar-refractivity contribution in [2.75, 3.05) is 0 Å². The number of benzene rings is 1. The standard InChI is InChI=1S/C13H13NO2S/c1-7-4-9(3)10(5-8(7)2)6-11-12(15)14-13(17)16-11/h4-6H,1-3H3,(H,14,15,17). The highest BCUT2D eigenvalue weighted by Gasteiger charge is 2.23. The highest BCUT2D eigenvalue weighted by atomic mass is 32.1. The third kappa shape index (κ3) is 2.36. The van der Waals surface area contributed by atoms with Gasteiger partial charge in [0.2, 0.25) is 0 Å². The number of carbonyl (C=O) groups excluding carboxylic acids is 1. The van der Waals surface area contributed by atoms with E-state index in [0.717, 1.165) is 11.1 Å². The van der Waals surface area contributed by atoms with Crippen LogP contribution in [0, 0.1) is 20.8 Å². The van der Waals surface area contributed by atoms with Crippen LogP contribution in [-0.4, -0.2) is 11.1 Å². The molecule has 0 bridgehead atoms. The summed E-state index contributed by atoms with van der Waals surface area (Å²) >= 11 is 4.77. The van der Waals surface area contributed by atoms with E-state index in [1.165, 1.54) is 11.1 Å². The summed E-state index contributed by atoms with van der Waals surface area (Å²) in [6.45, 7) is 6.11. The van der Waals surface area contributed by atoms with E-state index < -0.39 is 0 Å². The monoisotopic (exact) mass is 247 g/mol. The Bertz CT molecular complexity index is 547. The summed E-state index contributed by atoms with van der Waals surface area (Å²) in [4.78, 5) is 11.5. The molecule has 0 spiro atoms. The molecule has 1 aromatic rings. The average Bonchev–Trinajstić information content (AvgIpc) is 2.54. The number of ether oxygens (including phenoxy) is 1. The first-order valence-corrected chi connectivity index (χ1v) is 5.71. The zero-order valence-corrected chi connectivity index (χ0v) is 10.8. The second-order valence-electron chi connectivity index (χ2n) is 4.15. The normalized spacial score (nSPS) is 17.2. The van der Waals surface area contributed by atoms with Crippen molar-refractivity contribution in [2.24, 2.45) is 0 Å². The van der Waals surface area contributed by atoms with Crippen LogP contribution in [0.5, 0.6) is 0 Å². The summed E-state index contributed by atoms with van der Waals surface area (Å²) in [6, 6.07) is 4.13. The van der Waals surface area contributed by atoms with Gasteiger partial charge in [0, 0.05) is 0 Å². The molecule has 88 valence electrons. The number of aryl methyl sites for hydroxylation is 3. The van der Waals surface area contributed by atoms with Gasteiger partial charge >= 0.3 is 0 Å². The lowest BCUT2D eigenvalue weighted by Gasteiger charge is -2.06. The third-order valence-corrected chi connectivity index (χ3v) is 3.00. The molecule has 1 amide bonds. The molecule has 0 aliphatic carbocycles. The van der Waals surface area contributed by atoms with Gasteiger partial charge in [0.25, 0.3) is 11.1 Å². The van der Waals surface area contributed by atoms with E-state index in [0.29, 0.717) is 0 Å². The Morgan fingerprint density at radius 2 is 1.82 bits per heavy atom. The SMILES string of the molecule is Cc1cc(C)c(C=C2OC(=S)NC2=O)cc1C. The second-order valence-corrected chi connectivity index (χ2v) is 4.52. The Morgan fingerprint density at radius 3 is 2.41 bits per heavy atom. The van der Waals surface area contributed by atoms with Gasteiger partial charge in [-0.25, -0.2) is 0 Å². The third-order valence-electron chi connectivity index (χ3n) is 2.81. The summed E-state index contributed by atoms with van der Waals surface area (Å²) < 4.78 is 5.13. The molecule has 1 fully saturated rings. The van der Waals surface area contributed by atoms with Crippen LogP contribution in [0.3, 0.4) is 0 Å². The molecule has 0 aromatic heterocycles. The van der Waals surface area contributed by atoms with E-state index in [-0.39, 0.29) is 16.8 Å². The van der Waals surface area contributed by atoms with E-state index in [1.54, 1.807) is 6.08 Å². The smallest absolute Gasteiger partial charge is 0.294 e. The topological polar surface area (TPSA) is 38.3 Å². The van der Waals surface area contributed by atoms with Gasteiger partial charge in [0.05, 0.1) is 0 Å². The lowest BCUT2D eigenvalue weighted by atomic mass is 10.0. The maximum Gasteiger partial charge on any atom is 0.294 e. The average molecular weight is 247 g/mol. The van der Waals surface area contributed by atoms with Crippen molar-refractivity contribution in [3.63, 3.8) is 0 Å². The van der Waals surface area contributed by atoms with Crippen molar-refractivity contribution < 1.29 is 9.53 Å². The minimum atomic E-state index is -0.285. The van der Waals surface area contributed by atoms with Gasteiger partial charge in [0.1, 0.15) is 0 Å². The lowest BCUT2D eigenvalue weighted by molar-refractivity contribution is -0.116. The Balaban J connectivity index is 2.42. The van der Waals surface area contributed by atoms with Crippen molar-refractivity contribution >= 4 is 29.4 Å². The first kappa shape index (κ1) is 11.8. The van der Waals surface area contributed by atoms with Gasteiger partial charge in [-0.1, -0.05) is 12.1 Å². The molecule has 0 unspecified atom stereocenters. The van der Waals surface area contributed by atoms with Crippen LogP contribution in [-0.2, 0) is 9.53 Å². The molecule has 1 aromatic carbocycles. The minimum Gasteiger partial charge on any atom is -0.426 e. The van der Waals surface area contributed by atoms with Crippen molar-refractivity contribution in [1.29, 1.82) is 0 Å². The molecule has 0 radical (unpaired) electrons. The van der Waals surface area contributed by atoms with Crippen LogP contribution in [0.2, 0.25) is 0 Å². The Hall–Kier alpha value is -1.68. The van der Waals surface area contributed by atoms with E-state index in [1.807, 2.05) is 19.9 Å². The van der Waals surface area contributed by atoms with Gasteiger partial charge in [-0.3, -0.25) is 10.1 Å². The molecule has 1 aliphatic rings. The largest absolute Gasteiger partial charge is 0.426 e. The van der Waals surface area contributed by atoms with Crippen molar-refractivity contribution in [1.82, 2.24) is 5.32 Å². The fourth-order valence-corrected chi connectivity index (χ4v) is 1.88. The zero-order valence-electron chi connectivity index (χ0n) is 9.96. The van der Waals surface area contributed by atoms with Gasteiger partial charge < -0.3 is 4.74 Å². The van der Waals surface area contributed by atoms with Gasteiger partial charge in [-0.15, -0.1) is 0 Å². The number of amides is 1. The van der Waals surface area contributed by atoms with Crippen LogP contribution < -0.4 is 5.32 Å². The lowest BCUT2D eigenvalue weighted by Crippen LogP contribution is -2.18. The molecule has 2 rings (SSSR count). The zero-order chi connectivity index (χ0) is 12.6. The van der Waals surface area contributed by atoms with E-state index in [9.17, 15) is 4.79 Å². The van der Waals surface area contributed by atoms with Gasteiger partial charge in [0.15, 0.2) is 5.76 Å². The fraction of sp³-hybridized carbons (Fsp3) is 0.231. The Morgan fingerprint density at radius 1 is 1.18 bits per heavy atom. The highest BCUT2D eigenvalue weighted by Crippen LogP contribution is 2.20. The van der Waals surface area contributed by atoms with Crippen molar-refractivity contribution in [3.8, 4) is 0 Å². The molecule has 1 N–H and O–H groups in total. The maximum atomic E-state index is 11.5. The number of hydrogen-bond acceptors (Lipinski definition) is 3. The minimum absolute atomic E-state index is 0.114. The van der Waals surface area contributed by atoms with Crippen LogP contribution in [0.1, 0.15) is 22.3 Å². The summed E-state index contributed by atoms with van der Waals surface area (Å²) in [5.74, 6) is -0.0334. The van der Waals surface area contributed by atoms with E-state index in [2.05, 4.69) is 18.3 Å². The molecular formula is C13H13NO2S. The molecule has 0 atom stereocenters. The summed E-state index contributed by atoms with van der Waals surface area (Å²) in [7, 11) is 0. The quantitative estimate of drug-likeness (QED) is 0.611. The van der Waals surface area contributed by atoms with E-state index >= 15 is 0 Å². The van der Waals surface area contributed by atoms with Crippen LogP contribution in [0.25, 0.3) is 6.08 Å². The first-order chi connectivity index (χ1) is 7.97. The number of thiocarbonyl (C=S) groups is 1. The number of nitrogens with one attached hydrogen (secondary N) is 1. The molecule has 17 heavy (non-hydrogen) atoms. The molecule has 0 saturated carbocycles. The Labute approximate surface area is 105 Å². The molecule has 1 aliphatic heterocycles. The molecule has 1 heterocycles. The van der Waals surface area contributed by atoms with Crippen LogP contribution in [0.4, 0.5) is 0 Å². The molecular weight excluding hydrogens is 234 g/mol. The number of carbonyl (C=O) groups is 1.